The minimum absolute atomic E-state index is 0.145. The summed E-state index contributed by atoms with van der Waals surface area (Å²) in [4.78, 5) is 10.7. The lowest BCUT2D eigenvalue weighted by Crippen LogP contribution is -2.08. The number of aromatic nitrogens is 3. The van der Waals surface area contributed by atoms with Crippen LogP contribution >= 0.6 is 0 Å². The van der Waals surface area contributed by atoms with Crippen molar-refractivity contribution < 1.29 is 14.3 Å². The summed E-state index contributed by atoms with van der Waals surface area (Å²) in [6.45, 7) is 6.50. The minimum atomic E-state index is 0.145. The van der Waals surface area contributed by atoms with Crippen molar-refractivity contribution in [2.45, 2.75) is 39.8 Å². The number of rotatable bonds is 10. The molecule has 0 N–H and O–H groups in total. The van der Waals surface area contributed by atoms with E-state index < -0.39 is 0 Å². The standard InChI is InChI=1S/C12H21N3O3/c1-3-6-18-10-12-9-15(14-13-12)5-8-17-7-4-11(2)16/h9H,3-8,10H2,1-2H3. The highest BCUT2D eigenvalue weighted by molar-refractivity contribution is 5.75. The van der Waals surface area contributed by atoms with Gasteiger partial charge in [0.05, 0.1) is 32.6 Å². The quantitative estimate of drug-likeness (QED) is 0.588. The van der Waals surface area contributed by atoms with Crippen molar-refractivity contribution >= 4 is 5.78 Å². The summed E-state index contributed by atoms with van der Waals surface area (Å²) in [5.41, 5.74) is 0.826. The van der Waals surface area contributed by atoms with Crippen LogP contribution in [0.1, 0.15) is 32.4 Å². The Bertz CT molecular complexity index is 352. The second kappa shape index (κ2) is 8.77. The minimum Gasteiger partial charge on any atom is -0.379 e. The van der Waals surface area contributed by atoms with Crippen LogP contribution in [0.5, 0.6) is 0 Å². The maximum absolute atomic E-state index is 10.7. The Morgan fingerprint density at radius 3 is 2.89 bits per heavy atom. The third-order valence-corrected chi connectivity index (χ3v) is 2.25. The third kappa shape index (κ3) is 6.46. The average molecular weight is 255 g/mol. The number of carbonyl (C=O) groups is 1. The molecule has 18 heavy (non-hydrogen) atoms. The van der Waals surface area contributed by atoms with Gasteiger partial charge in [0, 0.05) is 13.0 Å². The summed E-state index contributed by atoms with van der Waals surface area (Å²) in [6, 6.07) is 0. The predicted octanol–water partition coefficient (Wildman–Crippen LogP) is 1.20. The second-order valence-electron chi connectivity index (χ2n) is 4.09. The van der Waals surface area contributed by atoms with Crippen molar-refractivity contribution in [2.24, 2.45) is 0 Å². The van der Waals surface area contributed by atoms with Gasteiger partial charge in [0.25, 0.3) is 0 Å². The fourth-order valence-corrected chi connectivity index (χ4v) is 1.31. The molecule has 102 valence electrons. The van der Waals surface area contributed by atoms with Gasteiger partial charge >= 0.3 is 0 Å². The maximum atomic E-state index is 10.7. The molecule has 0 radical (unpaired) electrons. The number of Topliss-reactive ketones (excluding diaryl/α,β-unsaturated/α-hetero) is 1. The smallest absolute Gasteiger partial charge is 0.132 e. The van der Waals surface area contributed by atoms with E-state index in [1.807, 2.05) is 6.20 Å². The highest BCUT2D eigenvalue weighted by Gasteiger charge is 2.01. The van der Waals surface area contributed by atoms with Crippen LogP contribution in [-0.4, -0.2) is 40.6 Å². The van der Waals surface area contributed by atoms with E-state index in [0.717, 1.165) is 18.7 Å². The number of nitrogens with zero attached hydrogens (tertiary/aromatic N) is 3. The van der Waals surface area contributed by atoms with Crippen molar-refractivity contribution in [1.82, 2.24) is 15.0 Å². The monoisotopic (exact) mass is 255 g/mol. The number of hydrogen-bond acceptors (Lipinski definition) is 5. The van der Waals surface area contributed by atoms with Gasteiger partial charge in [-0.25, -0.2) is 4.68 Å². The summed E-state index contributed by atoms with van der Waals surface area (Å²) in [7, 11) is 0. The molecule has 0 amide bonds. The normalized spacial score (nSPS) is 10.8. The van der Waals surface area contributed by atoms with E-state index in [2.05, 4.69) is 17.2 Å². The summed E-state index contributed by atoms with van der Waals surface area (Å²) < 4.78 is 12.4. The second-order valence-corrected chi connectivity index (χ2v) is 4.09. The van der Waals surface area contributed by atoms with E-state index in [0.29, 0.717) is 32.8 Å². The topological polar surface area (TPSA) is 66.2 Å². The van der Waals surface area contributed by atoms with Gasteiger partial charge in [0.2, 0.25) is 0 Å². The molecule has 1 aromatic rings. The van der Waals surface area contributed by atoms with Gasteiger partial charge in [-0.15, -0.1) is 5.10 Å². The van der Waals surface area contributed by atoms with Gasteiger partial charge in [-0.2, -0.15) is 0 Å². The summed E-state index contributed by atoms with van der Waals surface area (Å²) in [5, 5.41) is 7.96. The fraction of sp³-hybridized carbons (Fsp3) is 0.750. The number of ether oxygens (including phenoxy) is 2. The molecule has 0 saturated carbocycles. The number of hydrogen-bond donors (Lipinski definition) is 0. The molecule has 0 saturated heterocycles. The van der Waals surface area contributed by atoms with Gasteiger partial charge in [-0.1, -0.05) is 12.1 Å². The number of ketones is 1. The van der Waals surface area contributed by atoms with E-state index >= 15 is 0 Å². The zero-order valence-electron chi connectivity index (χ0n) is 11.1. The maximum Gasteiger partial charge on any atom is 0.132 e. The van der Waals surface area contributed by atoms with Crippen LogP contribution in [-0.2, 0) is 27.4 Å². The zero-order chi connectivity index (χ0) is 13.2. The highest BCUT2D eigenvalue weighted by Crippen LogP contribution is 1.97. The Balaban J connectivity index is 2.13. The Hall–Kier alpha value is -1.27. The lowest BCUT2D eigenvalue weighted by Gasteiger charge is -2.02. The molecular weight excluding hydrogens is 234 g/mol. The molecule has 1 aromatic heterocycles. The Labute approximate surface area is 107 Å². The largest absolute Gasteiger partial charge is 0.379 e. The van der Waals surface area contributed by atoms with Crippen molar-refractivity contribution in [3.63, 3.8) is 0 Å². The first-order valence-corrected chi connectivity index (χ1v) is 6.26. The van der Waals surface area contributed by atoms with Gasteiger partial charge in [-0.3, -0.25) is 4.79 Å². The van der Waals surface area contributed by atoms with Gasteiger partial charge < -0.3 is 9.47 Å². The van der Waals surface area contributed by atoms with E-state index in [9.17, 15) is 4.79 Å². The molecule has 1 rings (SSSR count). The molecule has 6 heteroatoms. The Morgan fingerprint density at radius 2 is 2.17 bits per heavy atom. The van der Waals surface area contributed by atoms with Crippen LogP contribution in [0.25, 0.3) is 0 Å². The molecule has 6 nitrogen and oxygen atoms in total. The van der Waals surface area contributed by atoms with Gasteiger partial charge in [0.15, 0.2) is 0 Å². The number of carbonyl (C=O) groups excluding carboxylic acids is 1. The molecule has 0 atom stereocenters. The molecule has 0 aliphatic rings. The summed E-state index contributed by atoms with van der Waals surface area (Å²) in [5.74, 6) is 0.145. The first-order chi connectivity index (χ1) is 8.72. The zero-order valence-corrected chi connectivity index (χ0v) is 11.1. The third-order valence-electron chi connectivity index (χ3n) is 2.25. The van der Waals surface area contributed by atoms with Crippen LogP contribution in [0.15, 0.2) is 6.20 Å². The summed E-state index contributed by atoms with van der Waals surface area (Å²) >= 11 is 0. The lowest BCUT2D eigenvalue weighted by molar-refractivity contribution is -0.118. The molecule has 0 bridgehead atoms. The van der Waals surface area contributed by atoms with Crippen LogP contribution in [0.4, 0.5) is 0 Å². The van der Waals surface area contributed by atoms with Crippen molar-refractivity contribution in [2.75, 3.05) is 19.8 Å². The van der Waals surface area contributed by atoms with Crippen molar-refractivity contribution in [1.29, 1.82) is 0 Å². The summed E-state index contributed by atoms with van der Waals surface area (Å²) in [6.07, 6.45) is 3.32. The van der Waals surface area contributed by atoms with Crippen LogP contribution in [0, 0.1) is 0 Å². The highest BCUT2D eigenvalue weighted by atomic mass is 16.5. The first kappa shape index (κ1) is 14.8. The predicted molar refractivity (Wildman–Crippen MR) is 66.1 cm³/mol. The molecule has 0 fully saturated rings. The van der Waals surface area contributed by atoms with E-state index in [1.165, 1.54) is 0 Å². The molecule has 1 heterocycles. The van der Waals surface area contributed by atoms with Crippen LogP contribution < -0.4 is 0 Å². The van der Waals surface area contributed by atoms with Crippen molar-refractivity contribution in [3.8, 4) is 0 Å². The van der Waals surface area contributed by atoms with Gasteiger partial charge in [-0.05, 0) is 13.3 Å². The van der Waals surface area contributed by atoms with Crippen LogP contribution in [0.3, 0.4) is 0 Å². The molecule has 0 aliphatic heterocycles. The van der Waals surface area contributed by atoms with E-state index in [1.54, 1.807) is 11.6 Å². The molecule has 0 spiro atoms. The van der Waals surface area contributed by atoms with E-state index in [4.69, 9.17) is 9.47 Å². The molecule has 0 aromatic carbocycles. The van der Waals surface area contributed by atoms with Gasteiger partial charge in [0.1, 0.15) is 11.5 Å². The molecular formula is C12H21N3O3. The SMILES string of the molecule is CCCOCc1cn(CCOCCC(C)=O)nn1. The molecule has 0 unspecified atom stereocenters. The molecule has 0 aliphatic carbocycles. The fourth-order valence-electron chi connectivity index (χ4n) is 1.31. The Morgan fingerprint density at radius 1 is 1.33 bits per heavy atom. The lowest BCUT2D eigenvalue weighted by atomic mass is 10.3. The Kier molecular flexibility index (Phi) is 7.20. The first-order valence-electron chi connectivity index (χ1n) is 6.26. The average Bonchev–Trinajstić information content (AvgIpc) is 2.77. The van der Waals surface area contributed by atoms with Crippen molar-refractivity contribution in [3.05, 3.63) is 11.9 Å². The van der Waals surface area contributed by atoms with Crippen LogP contribution in [0.2, 0.25) is 0 Å². The van der Waals surface area contributed by atoms with E-state index in [-0.39, 0.29) is 5.78 Å².